The Morgan fingerprint density at radius 3 is 2.53 bits per heavy atom. The van der Waals surface area contributed by atoms with Crippen LogP contribution in [0, 0.1) is 0 Å². The Hall–Kier alpha value is -2.19. The SMILES string of the molecule is O[C@H](Cc1cnc2ccccc2c1)c1ccccc1. The van der Waals surface area contributed by atoms with Gasteiger partial charge in [-0.25, -0.2) is 0 Å². The third kappa shape index (κ3) is 2.64. The molecule has 1 heterocycles. The van der Waals surface area contributed by atoms with Crippen molar-refractivity contribution in [2.45, 2.75) is 12.5 Å². The number of hydrogen-bond acceptors (Lipinski definition) is 2. The quantitative estimate of drug-likeness (QED) is 0.770. The molecule has 0 aliphatic heterocycles. The molecule has 0 spiro atoms. The summed E-state index contributed by atoms with van der Waals surface area (Å²) in [6.07, 6.45) is 1.94. The van der Waals surface area contributed by atoms with Crippen molar-refractivity contribution < 1.29 is 5.11 Å². The number of aromatic nitrogens is 1. The van der Waals surface area contributed by atoms with Crippen molar-refractivity contribution in [2.75, 3.05) is 0 Å². The van der Waals surface area contributed by atoms with E-state index in [1.54, 1.807) is 0 Å². The normalized spacial score (nSPS) is 12.5. The predicted molar refractivity (Wildman–Crippen MR) is 76.8 cm³/mol. The number of pyridine rings is 1. The second kappa shape index (κ2) is 5.21. The molecule has 1 N–H and O–H groups in total. The molecular formula is C17H15NO. The molecule has 19 heavy (non-hydrogen) atoms. The van der Waals surface area contributed by atoms with Crippen LogP contribution in [0.4, 0.5) is 0 Å². The highest BCUT2D eigenvalue weighted by Gasteiger charge is 2.08. The zero-order valence-corrected chi connectivity index (χ0v) is 10.5. The molecule has 0 aliphatic rings. The average Bonchev–Trinajstić information content (AvgIpc) is 2.48. The summed E-state index contributed by atoms with van der Waals surface area (Å²) >= 11 is 0. The maximum Gasteiger partial charge on any atom is 0.0830 e. The lowest BCUT2D eigenvalue weighted by Gasteiger charge is -2.11. The zero-order valence-electron chi connectivity index (χ0n) is 10.5. The molecule has 2 aromatic carbocycles. The lowest BCUT2D eigenvalue weighted by Crippen LogP contribution is -2.01. The van der Waals surface area contributed by atoms with Crippen molar-refractivity contribution in [3.63, 3.8) is 0 Å². The Bertz CT molecular complexity index is 679. The lowest BCUT2D eigenvalue weighted by molar-refractivity contribution is 0.178. The van der Waals surface area contributed by atoms with Gasteiger partial charge in [0.25, 0.3) is 0 Å². The van der Waals surface area contributed by atoms with E-state index in [9.17, 15) is 5.11 Å². The molecular weight excluding hydrogens is 234 g/mol. The minimum absolute atomic E-state index is 0.482. The molecule has 2 nitrogen and oxygen atoms in total. The predicted octanol–water partition coefficient (Wildman–Crippen LogP) is 3.51. The van der Waals surface area contributed by atoms with E-state index in [1.165, 1.54) is 0 Å². The summed E-state index contributed by atoms with van der Waals surface area (Å²) in [5.41, 5.74) is 2.98. The number of benzene rings is 2. The number of para-hydroxylation sites is 1. The summed E-state index contributed by atoms with van der Waals surface area (Å²) in [4.78, 5) is 4.42. The number of fused-ring (bicyclic) bond motifs is 1. The molecule has 0 aliphatic carbocycles. The molecule has 0 unspecified atom stereocenters. The van der Waals surface area contributed by atoms with Gasteiger partial charge in [0.15, 0.2) is 0 Å². The third-order valence-electron chi connectivity index (χ3n) is 3.26. The first-order valence-corrected chi connectivity index (χ1v) is 6.39. The highest BCUT2D eigenvalue weighted by atomic mass is 16.3. The summed E-state index contributed by atoms with van der Waals surface area (Å²) in [6, 6.07) is 19.8. The van der Waals surface area contributed by atoms with Crippen LogP contribution in [0.25, 0.3) is 10.9 Å². The molecule has 0 saturated heterocycles. The summed E-state index contributed by atoms with van der Waals surface area (Å²) in [7, 11) is 0. The monoisotopic (exact) mass is 249 g/mol. The standard InChI is InChI=1S/C17H15NO/c19-17(14-6-2-1-3-7-14)11-13-10-15-8-4-5-9-16(15)18-12-13/h1-10,12,17,19H,11H2/t17-/m1/s1. The summed E-state index contributed by atoms with van der Waals surface area (Å²) in [5, 5.41) is 11.3. The second-order valence-electron chi connectivity index (χ2n) is 4.67. The first kappa shape index (κ1) is 11.9. The van der Waals surface area contributed by atoms with Gasteiger partial charge in [-0.3, -0.25) is 4.98 Å². The molecule has 3 rings (SSSR count). The molecule has 0 fully saturated rings. The molecule has 94 valence electrons. The molecule has 0 amide bonds. The number of rotatable bonds is 3. The van der Waals surface area contributed by atoms with Gasteiger partial charge in [0.05, 0.1) is 11.6 Å². The fourth-order valence-corrected chi connectivity index (χ4v) is 2.24. The van der Waals surface area contributed by atoms with Gasteiger partial charge in [0.2, 0.25) is 0 Å². The van der Waals surface area contributed by atoms with Gasteiger partial charge in [-0.15, -0.1) is 0 Å². The zero-order chi connectivity index (χ0) is 13.1. The van der Waals surface area contributed by atoms with Crippen molar-refractivity contribution in [2.24, 2.45) is 0 Å². The lowest BCUT2D eigenvalue weighted by atomic mass is 10.0. The molecule has 0 radical (unpaired) electrons. The first-order valence-electron chi connectivity index (χ1n) is 6.39. The Morgan fingerprint density at radius 2 is 1.68 bits per heavy atom. The minimum Gasteiger partial charge on any atom is -0.388 e. The van der Waals surface area contributed by atoms with E-state index in [0.717, 1.165) is 22.0 Å². The highest BCUT2D eigenvalue weighted by Crippen LogP contribution is 2.20. The molecule has 0 saturated carbocycles. The fraction of sp³-hybridized carbons (Fsp3) is 0.118. The van der Waals surface area contributed by atoms with E-state index < -0.39 is 6.10 Å². The van der Waals surface area contributed by atoms with Crippen LogP contribution in [-0.4, -0.2) is 10.1 Å². The molecule has 1 atom stereocenters. The third-order valence-corrected chi connectivity index (χ3v) is 3.26. The molecule has 1 aromatic heterocycles. The van der Waals surface area contributed by atoms with E-state index in [1.807, 2.05) is 60.8 Å². The van der Waals surface area contributed by atoms with Crippen molar-refractivity contribution >= 4 is 10.9 Å². The number of aliphatic hydroxyl groups excluding tert-OH is 1. The maximum atomic E-state index is 10.2. The van der Waals surface area contributed by atoms with Crippen molar-refractivity contribution in [1.82, 2.24) is 4.98 Å². The Morgan fingerprint density at radius 1 is 0.947 bits per heavy atom. The van der Waals surface area contributed by atoms with E-state index in [0.29, 0.717) is 6.42 Å². The van der Waals surface area contributed by atoms with Crippen LogP contribution in [-0.2, 0) is 6.42 Å². The summed E-state index contributed by atoms with van der Waals surface area (Å²) < 4.78 is 0. The smallest absolute Gasteiger partial charge is 0.0830 e. The largest absolute Gasteiger partial charge is 0.388 e. The van der Waals surface area contributed by atoms with Crippen LogP contribution in [0.1, 0.15) is 17.2 Å². The van der Waals surface area contributed by atoms with Crippen LogP contribution >= 0.6 is 0 Å². The van der Waals surface area contributed by atoms with E-state index >= 15 is 0 Å². The summed E-state index contributed by atoms with van der Waals surface area (Å²) in [6.45, 7) is 0. The van der Waals surface area contributed by atoms with Crippen molar-refractivity contribution in [3.05, 3.63) is 78.0 Å². The molecule has 3 aromatic rings. The topological polar surface area (TPSA) is 33.1 Å². The Kier molecular flexibility index (Phi) is 3.25. The summed E-state index contributed by atoms with van der Waals surface area (Å²) in [5.74, 6) is 0. The van der Waals surface area contributed by atoms with Gasteiger partial charge in [-0.05, 0) is 23.3 Å². The first-order chi connectivity index (χ1) is 9.33. The Labute approximate surface area is 112 Å². The van der Waals surface area contributed by atoms with E-state index in [4.69, 9.17) is 0 Å². The minimum atomic E-state index is -0.482. The van der Waals surface area contributed by atoms with Gasteiger partial charge in [-0.2, -0.15) is 0 Å². The second-order valence-corrected chi connectivity index (χ2v) is 4.67. The van der Waals surface area contributed by atoms with Gasteiger partial charge in [0, 0.05) is 18.0 Å². The number of nitrogens with zero attached hydrogens (tertiary/aromatic N) is 1. The van der Waals surface area contributed by atoms with Gasteiger partial charge in [0.1, 0.15) is 0 Å². The van der Waals surface area contributed by atoms with Gasteiger partial charge < -0.3 is 5.11 Å². The fourth-order valence-electron chi connectivity index (χ4n) is 2.24. The number of aliphatic hydroxyl groups is 1. The average molecular weight is 249 g/mol. The maximum absolute atomic E-state index is 10.2. The van der Waals surface area contributed by atoms with Crippen molar-refractivity contribution in [3.8, 4) is 0 Å². The van der Waals surface area contributed by atoms with E-state index in [2.05, 4.69) is 11.1 Å². The van der Waals surface area contributed by atoms with Gasteiger partial charge in [-0.1, -0.05) is 48.5 Å². The van der Waals surface area contributed by atoms with Crippen molar-refractivity contribution in [1.29, 1.82) is 0 Å². The molecule has 0 bridgehead atoms. The van der Waals surface area contributed by atoms with E-state index in [-0.39, 0.29) is 0 Å². The van der Waals surface area contributed by atoms with Crippen LogP contribution in [0.5, 0.6) is 0 Å². The van der Waals surface area contributed by atoms with Gasteiger partial charge >= 0.3 is 0 Å². The van der Waals surface area contributed by atoms with Crippen LogP contribution < -0.4 is 0 Å². The Balaban J connectivity index is 1.85. The van der Waals surface area contributed by atoms with Crippen LogP contribution in [0.15, 0.2) is 66.9 Å². The van der Waals surface area contributed by atoms with Crippen LogP contribution in [0.3, 0.4) is 0 Å². The van der Waals surface area contributed by atoms with Crippen LogP contribution in [0.2, 0.25) is 0 Å². The highest BCUT2D eigenvalue weighted by molar-refractivity contribution is 5.78. The molecule has 2 heteroatoms. The number of hydrogen-bond donors (Lipinski definition) is 1.